The molecule has 0 unspecified atom stereocenters. The second-order valence-corrected chi connectivity index (χ2v) is 6.45. The first-order valence-corrected chi connectivity index (χ1v) is 9.09. The van der Waals surface area contributed by atoms with Crippen molar-refractivity contribution in [2.75, 3.05) is 0 Å². The van der Waals surface area contributed by atoms with Gasteiger partial charge in [0, 0.05) is 6.42 Å². The molecule has 0 bridgehead atoms. The molecule has 0 spiro atoms. The van der Waals surface area contributed by atoms with E-state index in [1.54, 1.807) is 0 Å². The van der Waals surface area contributed by atoms with E-state index < -0.39 is 5.97 Å². The van der Waals surface area contributed by atoms with Crippen molar-refractivity contribution in [3.05, 3.63) is 59.7 Å². The lowest BCUT2D eigenvalue weighted by atomic mass is 9.99. The summed E-state index contributed by atoms with van der Waals surface area (Å²) in [6, 6.07) is 17.1. The van der Waals surface area contributed by atoms with E-state index in [1.165, 1.54) is 48.8 Å². The van der Waals surface area contributed by atoms with E-state index in [2.05, 4.69) is 43.3 Å². The zero-order valence-corrected chi connectivity index (χ0v) is 14.6. The molecule has 2 aromatic carbocycles. The summed E-state index contributed by atoms with van der Waals surface area (Å²) < 4.78 is 0. The Bertz CT molecular complexity index is 611. The molecular formula is C22H28O2. The molecule has 0 heterocycles. The van der Waals surface area contributed by atoms with Crippen molar-refractivity contribution in [3.63, 3.8) is 0 Å². The Kier molecular flexibility index (Phi) is 7.54. The second-order valence-electron chi connectivity index (χ2n) is 6.45. The van der Waals surface area contributed by atoms with E-state index in [1.807, 2.05) is 12.1 Å². The summed E-state index contributed by atoms with van der Waals surface area (Å²) in [6.07, 6.45) is 8.54. The Morgan fingerprint density at radius 2 is 1.25 bits per heavy atom. The lowest BCUT2D eigenvalue weighted by Crippen LogP contribution is -1.97. The molecule has 0 atom stereocenters. The zero-order chi connectivity index (χ0) is 17.2. The third-order valence-corrected chi connectivity index (χ3v) is 4.44. The first-order chi connectivity index (χ1) is 11.7. The minimum Gasteiger partial charge on any atom is -0.481 e. The van der Waals surface area contributed by atoms with Crippen LogP contribution in [0.15, 0.2) is 48.5 Å². The van der Waals surface area contributed by atoms with Crippen LogP contribution in [0.4, 0.5) is 0 Å². The Morgan fingerprint density at radius 3 is 1.75 bits per heavy atom. The number of aryl methyl sites for hydroxylation is 2. The zero-order valence-electron chi connectivity index (χ0n) is 14.6. The van der Waals surface area contributed by atoms with Crippen molar-refractivity contribution in [1.29, 1.82) is 0 Å². The van der Waals surface area contributed by atoms with Gasteiger partial charge in [0.05, 0.1) is 0 Å². The van der Waals surface area contributed by atoms with E-state index in [0.717, 1.165) is 12.0 Å². The number of unbranched alkanes of at least 4 members (excludes halogenated alkanes) is 4. The van der Waals surface area contributed by atoms with Crippen LogP contribution in [0.2, 0.25) is 0 Å². The van der Waals surface area contributed by atoms with E-state index in [0.29, 0.717) is 6.42 Å². The standard InChI is InChI=1S/C22H28O2/c1-2-3-4-5-6-7-18-8-13-20(14-9-18)21-15-10-19(11-16-21)12-17-22(23)24/h8-11,13-16H,2-7,12,17H2,1H3,(H,23,24). The average molecular weight is 324 g/mol. The van der Waals surface area contributed by atoms with Gasteiger partial charge >= 0.3 is 5.97 Å². The number of carboxylic acids is 1. The predicted molar refractivity (Wildman–Crippen MR) is 100 cm³/mol. The summed E-state index contributed by atoms with van der Waals surface area (Å²) in [5, 5.41) is 8.74. The number of rotatable bonds is 10. The van der Waals surface area contributed by atoms with Gasteiger partial charge in [0.2, 0.25) is 0 Å². The minimum atomic E-state index is -0.746. The minimum absolute atomic E-state index is 0.187. The SMILES string of the molecule is CCCCCCCc1ccc(-c2ccc(CCC(=O)O)cc2)cc1. The van der Waals surface area contributed by atoms with Crippen LogP contribution < -0.4 is 0 Å². The van der Waals surface area contributed by atoms with Crippen LogP contribution in [-0.4, -0.2) is 11.1 Å². The van der Waals surface area contributed by atoms with Crippen molar-refractivity contribution < 1.29 is 9.90 Å². The number of carbonyl (C=O) groups is 1. The van der Waals surface area contributed by atoms with Crippen LogP contribution in [-0.2, 0) is 17.6 Å². The van der Waals surface area contributed by atoms with Gasteiger partial charge in [0.1, 0.15) is 0 Å². The van der Waals surface area contributed by atoms with Crippen LogP contribution in [0.25, 0.3) is 11.1 Å². The monoisotopic (exact) mass is 324 g/mol. The smallest absolute Gasteiger partial charge is 0.303 e. The van der Waals surface area contributed by atoms with Gasteiger partial charge in [-0.05, 0) is 41.5 Å². The third-order valence-electron chi connectivity index (χ3n) is 4.44. The molecule has 2 rings (SSSR count). The van der Waals surface area contributed by atoms with Crippen LogP contribution in [0.1, 0.15) is 56.6 Å². The fourth-order valence-electron chi connectivity index (χ4n) is 2.91. The molecule has 0 aliphatic carbocycles. The molecule has 0 fully saturated rings. The molecule has 0 radical (unpaired) electrons. The average Bonchev–Trinajstić information content (AvgIpc) is 2.61. The van der Waals surface area contributed by atoms with Crippen LogP contribution in [0, 0.1) is 0 Å². The highest BCUT2D eigenvalue weighted by atomic mass is 16.4. The molecule has 0 amide bonds. The molecule has 24 heavy (non-hydrogen) atoms. The molecule has 0 aromatic heterocycles. The summed E-state index contributed by atoms with van der Waals surface area (Å²) in [6.45, 7) is 2.25. The maximum atomic E-state index is 10.6. The number of hydrogen-bond donors (Lipinski definition) is 1. The lowest BCUT2D eigenvalue weighted by molar-refractivity contribution is -0.136. The van der Waals surface area contributed by atoms with Gasteiger partial charge in [-0.15, -0.1) is 0 Å². The summed E-state index contributed by atoms with van der Waals surface area (Å²) >= 11 is 0. The molecule has 128 valence electrons. The van der Waals surface area contributed by atoms with Gasteiger partial charge in [0.15, 0.2) is 0 Å². The van der Waals surface area contributed by atoms with E-state index in [9.17, 15) is 4.79 Å². The van der Waals surface area contributed by atoms with Crippen LogP contribution in [0.3, 0.4) is 0 Å². The second kappa shape index (κ2) is 9.92. The first-order valence-electron chi connectivity index (χ1n) is 9.09. The van der Waals surface area contributed by atoms with E-state index in [4.69, 9.17) is 5.11 Å². The Labute approximate surface area is 145 Å². The summed E-state index contributed by atoms with van der Waals surface area (Å²) in [5.74, 6) is -0.746. The van der Waals surface area contributed by atoms with Crippen molar-refractivity contribution in [2.45, 2.75) is 58.3 Å². The molecule has 1 N–H and O–H groups in total. The van der Waals surface area contributed by atoms with Crippen LogP contribution >= 0.6 is 0 Å². The molecule has 0 aliphatic rings. The Balaban J connectivity index is 1.87. The fraction of sp³-hybridized carbons (Fsp3) is 0.409. The van der Waals surface area contributed by atoms with Gasteiger partial charge < -0.3 is 5.11 Å². The fourth-order valence-corrected chi connectivity index (χ4v) is 2.91. The molecule has 2 nitrogen and oxygen atoms in total. The van der Waals surface area contributed by atoms with Gasteiger partial charge in [-0.2, -0.15) is 0 Å². The number of carboxylic acid groups (broad SMARTS) is 1. The summed E-state index contributed by atoms with van der Waals surface area (Å²) in [7, 11) is 0. The molecular weight excluding hydrogens is 296 g/mol. The van der Waals surface area contributed by atoms with E-state index in [-0.39, 0.29) is 6.42 Å². The number of hydrogen-bond acceptors (Lipinski definition) is 1. The highest BCUT2D eigenvalue weighted by Gasteiger charge is 2.02. The van der Waals surface area contributed by atoms with Crippen LogP contribution in [0.5, 0.6) is 0 Å². The van der Waals surface area contributed by atoms with Crippen molar-refractivity contribution in [1.82, 2.24) is 0 Å². The van der Waals surface area contributed by atoms with Crippen molar-refractivity contribution in [2.24, 2.45) is 0 Å². The molecule has 0 saturated heterocycles. The topological polar surface area (TPSA) is 37.3 Å². The first kappa shape index (κ1) is 18.3. The quantitative estimate of drug-likeness (QED) is 0.554. The highest BCUT2D eigenvalue weighted by molar-refractivity contribution is 5.67. The molecule has 2 heteroatoms. The summed E-state index contributed by atoms with van der Waals surface area (Å²) in [4.78, 5) is 10.6. The maximum Gasteiger partial charge on any atom is 0.303 e. The van der Waals surface area contributed by atoms with Crippen molar-refractivity contribution >= 4 is 5.97 Å². The number of aliphatic carboxylic acids is 1. The third kappa shape index (κ3) is 6.19. The molecule has 0 aliphatic heterocycles. The normalized spacial score (nSPS) is 10.7. The van der Waals surface area contributed by atoms with Gasteiger partial charge in [-0.1, -0.05) is 81.1 Å². The van der Waals surface area contributed by atoms with Gasteiger partial charge in [0.25, 0.3) is 0 Å². The maximum absolute atomic E-state index is 10.6. The molecule has 0 saturated carbocycles. The predicted octanol–water partition coefficient (Wildman–Crippen LogP) is 5.88. The largest absolute Gasteiger partial charge is 0.481 e. The summed E-state index contributed by atoms with van der Waals surface area (Å²) in [5.41, 5.74) is 4.89. The number of benzene rings is 2. The molecule has 2 aromatic rings. The van der Waals surface area contributed by atoms with Crippen molar-refractivity contribution in [3.8, 4) is 11.1 Å². The highest BCUT2D eigenvalue weighted by Crippen LogP contribution is 2.21. The van der Waals surface area contributed by atoms with Gasteiger partial charge in [-0.25, -0.2) is 0 Å². The van der Waals surface area contributed by atoms with E-state index >= 15 is 0 Å². The Hall–Kier alpha value is -2.09. The Morgan fingerprint density at radius 1 is 0.750 bits per heavy atom. The van der Waals surface area contributed by atoms with Gasteiger partial charge in [-0.3, -0.25) is 4.79 Å². The lowest BCUT2D eigenvalue weighted by Gasteiger charge is -2.06.